The average Bonchev–Trinajstić information content (AvgIpc) is 2.46. The van der Waals surface area contributed by atoms with Crippen LogP contribution in [-0.4, -0.2) is 34.8 Å². The van der Waals surface area contributed by atoms with Gasteiger partial charge in [0.25, 0.3) is 0 Å². The first kappa shape index (κ1) is 14.8. The molecule has 1 saturated heterocycles. The van der Waals surface area contributed by atoms with Crippen LogP contribution in [0.2, 0.25) is 5.15 Å². The average molecular weight is 297 g/mol. The van der Waals surface area contributed by atoms with E-state index in [2.05, 4.69) is 4.98 Å². The summed E-state index contributed by atoms with van der Waals surface area (Å²) >= 11 is 5.90. The van der Waals surface area contributed by atoms with E-state index >= 15 is 0 Å². The first-order valence-corrected chi connectivity index (χ1v) is 6.97. The molecule has 1 amide bonds. The Morgan fingerprint density at radius 1 is 1.45 bits per heavy atom. The second-order valence-electron chi connectivity index (χ2n) is 4.84. The maximum atomic E-state index is 12.0. The zero-order valence-corrected chi connectivity index (χ0v) is 12.1. The number of carbonyl (C=O) groups is 2. The van der Waals surface area contributed by atoms with Gasteiger partial charge in [-0.05, 0) is 18.9 Å². The van der Waals surface area contributed by atoms with Crippen LogP contribution < -0.4 is 0 Å². The third-order valence-electron chi connectivity index (χ3n) is 3.48. The molecular weight excluding hydrogens is 280 g/mol. The number of rotatable bonds is 3. The molecule has 0 bridgehead atoms. The van der Waals surface area contributed by atoms with Crippen molar-refractivity contribution in [2.45, 2.75) is 26.4 Å². The van der Waals surface area contributed by atoms with Gasteiger partial charge in [-0.3, -0.25) is 9.59 Å². The van der Waals surface area contributed by atoms with Gasteiger partial charge in [-0.2, -0.15) is 0 Å². The van der Waals surface area contributed by atoms with Crippen molar-refractivity contribution >= 4 is 23.5 Å². The molecule has 1 aromatic heterocycles. The van der Waals surface area contributed by atoms with E-state index in [-0.39, 0.29) is 24.4 Å². The first-order chi connectivity index (χ1) is 9.58. The van der Waals surface area contributed by atoms with Crippen LogP contribution in [0.4, 0.5) is 0 Å². The number of amides is 1. The largest absolute Gasteiger partial charge is 0.460 e. The Labute approximate surface area is 122 Å². The highest BCUT2D eigenvalue weighted by molar-refractivity contribution is 6.30. The zero-order chi connectivity index (χ0) is 14.5. The quantitative estimate of drug-likeness (QED) is 0.632. The van der Waals surface area contributed by atoms with E-state index in [1.807, 2.05) is 0 Å². The van der Waals surface area contributed by atoms with Crippen LogP contribution in [0, 0.1) is 5.92 Å². The van der Waals surface area contributed by atoms with E-state index in [4.69, 9.17) is 16.3 Å². The number of piperidine rings is 1. The Morgan fingerprint density at radius 2 is 2.15 bits per heavy atom. The Balaban J connectivity index is 1.82. The van der Waals surface area contributed by atoms with Gasteiger partial charge in [0, 0.05) is 31.8 Å². The molecule has 1 aliphatic rings. The summed E-state index contributed by atoms with van der Waals surface area (Å²) in [5, 5.41) is 0.353. The fraction of sp³-hybridized carbons (Fsp3) is 0.500. The summed E-state index contributed by atoms with van der Waals surface area (Å²) in [5.74, 6) is -0.312. The fourth-order valence-corrected chi connectivity index (χ4v) is 2.40. The highest BCUT2D eigenvalue weighted by atomic mass is 35.5. The molecular formula is C14H17ClN2O3. The molecule has 1 aromatic rings. The monoisotopic (exact) mass is 296 g/mol. The van der Waals surface area contributed by atoms with Crippen molar-refractivity contribution in [3.63, 3.8) is 0 Å². The number of aromatic nitrogens is 1. The summed E-state index contributed by atoms with van der Waals surface area (Å²) in [7, 11) is 0. The molecule has 2 rings (SSSR count). The van der Waals surface area contributed by atoms with E-state index < -0.39 is 0 Å². The van der Waals surface area contributed by atoms with Crippen molar-refractivity contribution in [1.82, 2.24) is 9.88 Å². The normalized spacial score (nSPS) is 16.0. The molecule has 0 N–H and O–H groups in total. The first-order valence-electron chi connectivity index (χ1n) is 6.59. The predicted octanol–water partition coefficient (Wildman–Crippen LogP) is 2.04. The van der Waals surface area contributed by atoms with Crippen LogP contribution in [0.5, 0.6) is 0 Å². The van der Waals surface area contributed by atoms with Gasteiger partial charge in [0.05, 0.1) is 5.92 Å². The Kier molecular flexibility index (Phi) is 4.95. The molecule has 0 spiro atoms. The lowest BCUT2D eigenvalue weighted by Crippen LogP contribution is -2.39. The van der Waals surface area contributed by atoms with Crippen molar-refractivity contribution in [3.8, 4) is 0 Å². The van der Waals surface area contributed by atoms with Crippen molar-refractivity contribution in [2.24, 2.45) is 5.92 Å². The van der Waals surface area contributed by atoms with Gasteiger partial charge in [0.1, 0.15) is 11.8 Å². The van der Waals surface area contributed by atoms with Gasteiger partial charge in [0.2, 0.25) is 5.91 Å². The Hall–Kier alpha value is -1.62. The minimum Gasteiger partial charge on any atom is -0.460 e. The molecule has 108 valence electrons. The standard InChI is InChI=1S/C14H17ClN2O3/c1-10(18)17-7-4-11(5-8-17)14(19)20-9-12-3-2-6-16-13(12)15/h2-3,6,11H,4-5,7-9H2,1H3. The van der Waals surface area contributed by atoms with E-state index in [1.165, 1.54) is 0 Å². The maximum absolute atomic E-state index is 12.0. The highest BCUT2D eigenvalue weighted by Crippen LogP contribution is 2.20. The molecule has 2 heterocycles. The molecule has 20 heavy (non-hydrogen) atoms. The van der Waals surface area contributed by atoms with Crippen LogP contribution in [0.1, 0.15) is 25.3 Å². The van der Waals surface area contributed by atoms with Gasteiger partial charge < -0.3 is 9.64 Å². The molecule has 1 fully saturated rings. The topological polar surface area (TPSA) is 59.5 Å². The number of halogens is 1. The molecule has 0 atom stereocenters. The Morgan fingerprint density at radius 3 is 2.75 bits per heavy atom. The van der Waals surface area contributed by atoms with Crippen LogP contribution in [0.3, 0.4) is 0 Å². The van der Waals surface area contributed by atoms with Gasteiger partial charge in [-0.1, -0.05) is 17.7 Å². The lowest BCUT2D eigenvalue weighted by atomic mass is 9.97. The maximum Gasteiger partial charge on any atom is 0.309 e. The number of carbonyl (C=O) groups excluding carboxylic acids is 2. The third-order valence-corrected chi connectivity index (χ3v) is 3.82. The summed E-state index contributed by atoms with van der Waals surface area (Å²) < 4.78 is 5.28. The number of esters is 1. The van der Waals surface area contributed by atoms with Crippen LogP contribution >= 0.6 is 11.6 Å². The second kappa shape index (κ2) is 6.70. The van der Waals surface area contributed by atoms with Crippen molar-refractivity contribution in [2.75, 3.05) is 13.1 Å². The number of hydrogen-bond donors (Lipinski definition) is 0. The lowest BCUT2D eigenvalue weighted by Gasteiger charge is -2.30. The minimum absolute atomic E-state index is 0.0546. The summed E-state index contributed by atoms with van der Waals surface area (Å²) in [5.41, 5.74) is 0.698. The van der Waals surface area contributed by atoms with Gasteiger partial charge in [-0.25, -0.2) is 4.98 Å². The van der Waals surface area contributed by atoms with Gasteiger partial charge >= 0.3 is 5.97 Å². The fourth-order valence-electron chi connectivity index (χ4n) is 2.22. The van der Waals surface area contributed by atoms with E-state index in [9.17, 15) is 9.59 Å². The molecule has 0 radical (unpaired) electrons. The van der Waals surface area contributed by atoms with Crippen molar-refractivity contribution < 1.29 is 14.3 Å². The SMILES string of the molecule is CC(=O)N1CCC(C(=O)OCc2cccnc2Cl)CC1. The summed E-state index contributed by atoms with van der Waals surface area (Å²) in [6.07, 6.45) is 2.89. The molecule has 1 aliphatic heterocycles. The zero-order valence-electron chi connectivity index (χ0n) is 11.3. The van der Waals surface area contributed by atoms with E-state index in [0.29, 0.717) is 36.6 Å². The number of likely N-dealkylation sites (tertiary alicyclic amines) is 1. The highest BCUT2D eigenvalue weighted by Gasteiger charge is 2.27. The van der Waals surface area contributed by atoms with Crippen LogP contribution in [-0.2, 0) is 20.9 Å². The van der Waals surface area contributed by atoms with Crippen molar-refractivity contribution in [3.05, 3.63) is 29.0 Å². The van der Waals surface area contributed by atoms with Gasteiger partial charge in [-0.15, -0.1) is 0 Å². The molecule has 5 nitrogen and oxygen atoms in total. The van der Waals surface area contributed by atoms with Crippen LogP contribution in [0.25, 0.3) is 0 Å². The van der Waals surface area contributed by atoms with Gasteiger partial charge in [0.15, 0.2) is 0 Å². The molecule has 6 heteroatoms. The number of hydrogen-bond acceptors (Lipinski definition) is 4. The number of nitrogens with zero attached hydrogens (tertiary/aromatic N) is 2. The third kappa shape index (κ3) is 3.70. The van der Waals surface area contributed by atoms with E-state index in [0.717, 1.165) is 0 Å². The summed E-state index contributed by atoms with van der Waals surface area (Å²) in [6.45, 7) is 2.91. The number of pyridine rings is 1. The Bertz CT molecular complexity index is 499. The van der Waals surface area contributed by atoms with Crippen LogP contribution in [0.15, 0.2) is 18.3 Å². The smallest absolute Gasteiger partial charge is 0.309 e. The molecule has 0 aromatic carbocycles. The summed E-state index contributed by atoms with van der Waals surface area (Å²) in [6, 6.07) is 3.53. The van der Waals surface area contributed by atoms with E-state index in [1.54, 1.807) is 30.2 Å². The minimum atomic E-state index is -0.229. The second-order valence-corrected chi connectivity index (χ2v) is 5.20. The number of ether oxygens (including phenoxy) is 1. The van der Waals surface area contributed by atoms with Crippen molar-refractivity contribution in [1.29, 1.82) is 0 Å². The molecule has 0 aliphatic carbocycles. The summed E-state index contributed by atoms with van der Waals surface area (Å²) in [4.78, 5) is 28.9. The predicted molar refractivity (Wildman–Crippen MR) is 74.0 cm³/mol. The molecule has 0 saturated carbocycles. The molecule has 0 unspecified atom stereocenters. The lowest BCUT2D eigenvalue weighted by molar-refractivity contribution is -0.152.